The number of hydrogen-bond acceptors (Lipinski definition) is 5. The Morgan fingerprint density at radius 1 is 1.08 bits per heavy atom. The van der Waals surface area contributed by atoms with Crippen LogP contribution < -0.4 is 9.62 Å². The van der Waals surface area contributed by atoms with Crippen molar-refractivity contribution < 1.29 is 18.0 Å². The quantitative estimate of drug-likeness (QED) is 0.672. The molecule has 0 atom stereocenters. The zero-order valence-electron chi connectivity index (χ0n) is 14.5. The molecule has 0 aliphatic heterocycles. The number of Topliss-reactive ketones (excluding diaryl/α,β-unsaturated/α-hetero) is 1. The second-order valence-electron chi connectivity index (χ2n) is 5.63. The molecule has 0 aliphatic carbocycles. The van der Waals surface area contributed by atoms with Gasteiger partial charge in [0.2, 0.25) is 15.9 Å². The number of benzene rings is 1. The largest absolute Gasteiger partial charge is 0.355 e. The van der Waals surface area contributed by atoms with Gasteiger partial charge in [-0.3, -0.25) is 18.9 Å². The smallest absolute Gasteiger partial charge is 0.236 e. The summed E-state index contributed by atoms with van der Waals surface area (Å²) in [6.07, 6.45) is 3.07. The average molecular weight is 375 g/mol. The standard InChI is InChI=1S/C18H21N3O4S/c1-21(16-7-3-2-4-8-16)26(24,25)13-12-20-18(23)10-9-17(22)15-6-5-11-19-14-15/h2-8,11,14H,9-10,12-13H2,1H3,(H,20,23). The van der Waals surface area contributed by atoms with Gasteiger partial charge in [0.15, 0.2) is 5.78 Å². The minimum Gasteiger partial charge on any atom is -0.355 e. The van der Waals surface area contributed by atoms with Crippen LogP contribution in [0.2, 0.25) is 0 Å². The maximum absolute atomic E-state index is 12.3. The molecule has 0 spiro atoms. The van der Waals surface area contributed by atoms with E-state index in [-0.39, 0.29) is 36.8 Å². The maximum atomic E-state index is 12.3. The summed E-state index contributed by atoms with van der Waals surface area (Å²) < 4.78 is 25.7. The topological polar surface area (TPSA) is 96.4 Å². The molecule has 1 aromatic carbocycles. The van der Waals surface area contributed by atoms with Crippen molar-refractivity contribution in [3.05, 3.63) is 60.4 Å². The Hall–Kier alpha value is -2.74. The minimum atomic E-state index is -3.54. The number of amides is 1. The van der Waals surface area contributed by atoms with E-state index in [9.17, 15) is 18.0 Å². The van der Waals surface area contributed by atoms with Crippen LogP contribution in [0.3, 0.4) is 0 Å². The van der Waals surface area contributed by atoms with Gasteiger partial charge in [0.05, 0.1) is 11.4 Å². The molecule has 26 heavy (non-hydrogen) atoms. The van der Waals surface area contributed by atoms with Crippen molar-refractivity contribution in [3.8, 4) is 0 Å². The van der Waals surface area contributed by atoms with Gasteiger partial charge in [-0.15, -0.1) is 0 Å². The van der Waals surface area contributed by atoms with Gasteiger partial charge in [-0.2, -0.15) is 0 Å². The average Bonchev–Trinajstić information content (AvgIpc) is 2.66. The number of para-hydroxylation sites is 1. The lowest BCUT2D eigenvalue weighted by atomic mass is 10.1. The predicted molar refractivity (Wildman–Crippen MR) is 99.4 cm³/mol. The third kappa shape index (κ3) is 5.66. The predicted octanol–water partition coefficient (Wildman–Crippen LogP) is 1.63. The zero-order valence-corrected chi connectivity index (χ0v) is 15.3. The summed E-state index contributed by atoms with van der Waals surface area (Å²) in [6, 6.07) is 12.0. The van der Waals surface area contributed by atoms with Crippen LogP contribution in [0.1, 0.15) is 23.2 Å². The number of nitrogens with zero attached hydrogens (tertiary/aromatic N) is 2. The van der Waals surface area contributed by atoms with Gasteiger partial charge < -0.3 is 5.32 Å². The van der Waals surface area contributed by atoms with Crippen molar-refractivity contribution in [2.45, 2.75) is 12.8 Å². The molecule has 1 N–H and O–H groups in total. The van der Waals surface area contributed by atoms with E-state index in [0.29, 0.717) is 11.3 Å². The lowest BCUT2D eigenvalue weighted by molar-refractivity contribution is -0.120. The van der Waals surface area contributed by atoms with Crippen molar-refractivity contribution in [2.24, 2.45) is 0 Å². The molecular weight excluding hydrogens is 354 g/mol. The van der Waals surface area contributed by atoms with Gasteiger partial charge in [-0.1, -0.05) is 18.2 Å². The van der Waals surface area contributed by atoms with Crippen LogP contribution in [0, 0.1) is 0 Å². The van der Waals surface area contributed by atoms with Crippen molar-refractivity contribution >= 4 is 27.4 Å². The van der Waals surface area contributed by atoms with E-state index in [1.807, 2.05) is 0 Å². The fourth-order valence-corrected chi connectivity index (χ4v) is 3.32. The van der Waals surface area contributed by atoms with Gasteiger partial charge in [-0.05, 0) is 24.3 Å². The number of anilines is 1. The maximum Gasteiger partial charge on any atom is 0.236 e. The molecule has 2 rings (SSSR count). The second-order valence-corrected chi connectivity index (χ2v) is 7.75. The molecule has 138 valence electrons. The molecular formula is C18H21N3O4S. The summed E-state index contributed by atoms with van der Waals surface area (Å²) in [4.78, 5) is 27.6. The lowest BCUT2D eigenvalue weighted by Crippen LogP contribution is -2.35. The lowest BCUT2D eigenvalue weighted by Gasteiger charge is -2.19. The highest BCUT2D eigenvalue weighted by Crippen LogP contribution is 2.15. The fraction of sp³-hybridized carbons (Fsp3) is 0.278. The molecule has 0 unspecified atom stereocenters. The summed E-state index contributed by atoms with van der Waals surface area (Å²) in [5, 5.41) is 2.54. The molecule has 0 saturated carbocycles. The SMILES string of the molecule is CN(c1ccccc1)S(=O)(=O)CCNC(=O)CCC(=O)c1cccnc1. The molecule has 0 fully saturated rings. The number of carbonyl (C=O) groups excluding carboxylic acids is 2. The number of pyridine rings is 1. The van der Waals surface area contributed by atoms with Crippen molar-refractivity contribution in [1.82, 2.24) is 10.3 Å². The third-order valence-corrected chi connectivity index (χ3v) is 5.55. The Kier molecular flexibility index (Phi) is 6.85. The van der Waals surface area contributed by atoms with E-state index < -0.39 is 10.0 Å². The number of ketones is 1. The van der Waals surface area contributed by atoms with Gasteiger partial charge >= 0.3 is 0 Å². The van der Waals surface area contributed by atoms with Crippen LogP contribution in [-0.2, 0) is 14.8 Å². The van der Waals surface area contributed by atoms with E-state index in [0.717, 1.165) is 0 Å². The Bertz CT molecular complexity index is 839. The summed E-state index contributed by atoms with van der Waals surface area (Å²) in [5.41, 5.74) is 1.01. The number of nitrogens with one attached hydrogen (secondary N) is 1. The van der Waals surface area contributed by atoms with Gasteiger partial charge in [0, 0.05) is 44.4 Å². The summed E-state index contributed by atoms with van der Waals surface area (Å²) in [6.45, 7) is -0.0145. The highest BCUT2D eigenvalue weighted by molar-refractivity contribution is 7.92. The van der Waals surface area contributed by atoms with Crippen LogP contribution in [0.4, 0.5) is 5.69 Å². The third-order valence-electron chi connectivity index (χ3n) is 3.78. The molecule has 0 radical (unpaired) electrons. The highest BCUT2D eigenvalue weighted by Gasteiger charge is 2.18. The van der Waals surface area contributed by atoms with Gasteiger partial charge in [0.25, 0.3) is 0 Å². The first-order valence-electron chi connectivity index (χ1n) is 8.12. The molecule has 0 saturated heterocycles. The van der Waals surface area contributed by atoms with Crippen LogP contribution in [0.5, 0.6) is 0 Å². The number of hydrogen-bond donors (Lipinski definition) is 1. The monoisotopic (exact) mass is 375 g/mol. The van der Waals surface area contributed by atoms with E-state index in [4.69, 9.17) is 0 Å². The minimum absolute atomic E-state index is 0.00228. The molecule has 0 bridgehead atoms. The molecule has 7 nitrogen and oxygen atoms in total. The second kappa shape index (κ2) is 9.10. The first-order valence-corrected chi connectivity index (χ1v) is 9.72. The van der Waals surface area contributed by atoms with E-state index in [1.165, 1.54) is 17.5 Å². The Morgan fingerprint density at radius 3 is 2.46 bits per heavy atom. The van der Waals surface area contributed by atoms with Crippen LogP contribution >= 0.6 is 0 Å². The summed E-state index contributed by atoms with van der Waals surface area (Å²) in [7, 11) is -2.07. The normalized spacial score (nSPS) is 11.0. The molecule has 1 heterocycles. The van der Waals surface area contributed by atoms with Crippen LogP contribution in [0.25, 0.3) is 0 Å². The molecule has 2 aromatic rings. The molecule has 8 heteroatoms. The van der Waals surface area contributed by atoms with Crippen molar-refractivity contribution in [2.75, 3.05) is 23.7 Å². The zero-order chi connectivity index (χ0) is 19.0. The van der Waals surface area contributed by atoms with Crippen LogP contribution in [-0.4, -0.2) is 44.4 Å². The Labute approximate surface area is 153 Å². The first kappa shape index (κ1) is 19.6. The van der Waals surface area contributed by atoms with Crippen molar-refractivity contribution in [1.29, 1.82) is 0 Å². The van der Waals surface area contributed by atoms with Crippen molar-refractivity contribution in [3.63, 3.8) is 0 Å². The molecule has 1 aromatic heterocycles. The molecule has 1 amide bonds. The van der Waals surface area contributed by atoms with Gasteiger partial charge in [-0.25, -0.2) is 8.42 Å². The Morgan fingerprint density at radius 2 is 1.81 bits per heavy atom. The fourth-order valence-electron chi connectivity index (χ4n) is 2.24. The van der Waals surface area contributed by atoms with Crippen LogP contribution in [0.15, 0.2) is 54.9 Å². The van der Waals surface area contributed by atoms with E-state index in [2.05, 4.69) is 10.3 Å². The van der Waals surface area contributed by atoms with Gasteiger partial charge in [0.1, 0.15) is 0 Å². The first-order chi connectivity index (χ1) is 12.4. The highest BCUT2D eigenvalue weighted by atomic mass is 32.2. The number of sulfonamides is 1. The molecule has 0 aliphatic rings. The summed E-state index contributed by atoms with van der Waals surface area (Å²) in [5.74, 6) is -0.759. The summed E-state index contributed by atoms with van der Waals surface area (Å²) >= 11 is 0. The Balaban J connectivity index is 1.76. The number of aromatic nitrogens is 1. The van der Waals surface area contributed by atoms with E-state index in [1.54, 1.807) is 48.7 Å². The number of carbonyl (C=O) groups is 2. The van der Waals surface area contributed by atoms with E-state index >= 15 is 0 Å². The number of rotatable bonds is 9.